The van der Waals surface area contributed by atoms with Crippen molar-refractivity contribution >= 4 is 18.0 Å². The van der Waals surface area contributed by atoms with Crippen LogP contribution in [0.15, 0.2) is 24.3 Å². The Balaban J connectivity index is 2.46. The van der Waals surface area contributed by atoms with Gasteiger partial charge in [0.25, 0.3) is 0 Å². The van der Waals surface area contributed by atoms with Gasteiger partial charge in [-0.1, -0.05) is 32.3 Å². The molecule has 0 aromatic heterocycles. The maximum Gasteiger partial charge on any atom is 0.305 e. The van der Waals surface area contributed by atoms with Gasteiger partial charge in [0.05, 0.1) is 20.8 Å². The summed E-state index contributed by atoms with van der Waals surface area (Å²) in [4.78, 5) is 22.8. The largest absolute Gasteiger partial charge is 0.493 e. The van der Waals surface area contributed by atoms with Gasteiger partial charge in [-0.05, 0) is 36.6 Å². The summed E-state index contributed by atoms with van der Waals surface area (Å²) in [5.41, 5.74) is 0.842. The molecule has 150 valence electrons. The average Bonchev–Trinajstić information content (AvgIpc) is 2.69. The monoisotopic (exact) mass is 377 g/mol. The van der Waals surface area contributed by atoms with Crippen molar-refractivity contribution in [3.63, 3.8) is 0 Å². The highest BCUT2D eigenvalue weighted by Gasteiger charge is 2.05. The number of unbranched alkanes of at least 4 members (excludes halogenated alkanes) is 3. The average molecular weight is 377 g/mol. The first-order valence-electron chi connectivity index (χ1n) is 9.44. The minimum Gasteiger partial charge on any atom is -0.493 e. The lowest BCUT2D eigenvalue weighted by Gasteiger charge is -2.11. The molecule has 0 aliphatic rings. The van der Waals surface area contributed by atoms with E-state index >= 15 is 0 Å². The second kappa shape index (κ2) is 13.7. The molecule has 0 bridgehead atoms. The van der Waals surface area contributed by atoms with Gasteiger partial charge in [0.2, 0.25) is 5.91 Å². The highest BCUT2D eigenvalue weighted by Crippen LogP contribution is 2.28. The first-order valence-corrected chi connectivity index (χ1v) is 9.44. The number of amides is 1. The number of hydrogen-bond acceptors (Lipinski definition) is 5. The first kappa shape index (κ1) is 22.5. The fraction of sp³-hybridized carbons (Fsp3) is 0.524. The highest BCUT2D eigenvalue weighted by molar-refractivity contribution is 5.91. The van der Waals surface area contributed by atoms with Crippen LogP contribution in [0.5, 0.6) is 11.5 Å². The molecule has 0 aliphatic heterocycles. The summed E-state index contributed by atoms with van der Waals surface area (Å²) in [6.07, 6.45) is 8.60. The zero-order valence-corrected chi connectivity index (χ0v) is 16.6. The van der Waals surface area contributed by atoms with Crippen LogP contribution in [0.4, 0.5) is 0 Å². The minimum atomic E-state index is -0.278. The Labute approximate surface area is 161 Å². The molecular formula is C21H31NO5. The van der Waals surface area contributed by atoms with Gasteiger partial charge in [-0.2, -0.15) is 0 Å². The molecule has 0 fully saturated rings. The van der Waals surface area contributed by atoms with Gasteiger partial charge in [-0.15, -0.1) is 0 Å². The van der Waals surface area contributed by atoms with Crippen LogP contribution in [0.2, 0.25) is 0 Å². The van der Waals surface area contributed by atoms with E-state index < -0.39 is 0 Å². The van der Waals surface area contributed by atoms with Crippen LogP contribution in [0.1, 0.15) is 51.0 Å². The summed E-state index contributed by atoms with van der Waals surface area (Å²) in [7, 11) is 2.95. The number of carbonyl (C=O) groups is 2. The molecule has 0 atom stereocenters. The van der Waals surface area contributed by atoms with Gasteiger partial charge < -0.3 is 19.5 Å². The van der Waals surface area contributed by atoms with Gasteiger partial charge in [0.15, 0.2) is 11.5 Å². The van der Waals surface area contributed by atoms with Crippen LogP contribution in [-0.4, -0.2) is 39.2 Å². The van der Waals surface area contributed by atoms with Crippen molar-refractivity contribution in [2.24, 2.45) is 0 Å². The van der Waals surface area contributed by atoms with E-state index in [-0.39, 0.29) is 18.3 Å². The van der Waals surface area contributed by atoms with Crippen LogP contribution >= 0.6 is 0 Å². The van der Waals surface area contributed by atoms with Gasteiger partial charge in [-0.3, -0.25) is 9.59 Å². The minimum absolute atomic E-state index is 0.213. The van der Waals surface area contributed by atoms with E-state index in [4.69, 9.17) is 9.47 Å². The number of carbonyl (C=O) groups excluding carboxylic acids is 2. The highest BCUT2D eigenvalue weighted by atomic mass is 16.5. The second-order valence-electron chi connectivity index (χ2n) is 6.12. The van der Waals surface area contributed by atoms with Gasteiger partial charge in [0.1, 0.15) is 0 Å². The third-order valence-electron chi connectivity index (χ3n) is 3.95. The molecule has 1 N–H and O–H groups in total. The summed E-state index contributed by atoms with van der Waals surface area (Å²) in [6, 6.07) is 5.57. The van der Waals surface area contributed by atoms with E-state index in [1.807, 2.05) is 18.2 Å². The summed E-state index contributed by atoms with van der Waals surface area (Å²) in [5, 5.41) is 2.73. The number of rotatable bonds is 13. The number of methoxy groups -OCH3 is 2. The van der Waals surface area contributed by atoms with Gasteiger partial charge in [-0.25, -0.2) is 0 Å². The molecule has 1 aromatic rings. The van der Waals surface area contributed by atoms with Crippen molar-refractivity contribution in [1.29, 1.82) is 0 Å². The van der Waals surface area contributed by atoms with Gasteiger partial charge in [0, 0.05) is 19.0 Å². The Morgan fingerprint density at radius 3 is 2.59 bits per heavy atom. The number of esters is 1. The fourth-order valence-electron chi connectivity index (χ4n) is 2.40. The van der Waals surface area contributed by atoms with Crippen LogP contribution in [0.25, 0.3) is 6.08 Å². The van der Waals surface area contributed by atoms with Crippen LogP contribution in [0, 0.1) is 0 Å². The lowest BCUT2D eigenvalue weighted by molar-refractivity contribution is -0.140. The molecule has 1 amide bonds. The lowest BCUT2D eigenvalue weighted by Crippen LogP contribution is -2.22. The quantitative estimate of drug-likeness (QED) is 0.322. The van der Waals surface area contributed by atoms with Crippen molar-refractivity contribution < 1.29 is 23.8 Å². The molecule has 0 unspecified atom stereocenters. The Morgan fingerprint density at radius 2 is 1.89 bits per heavy atom. The topological polar surface area (TPSA) is 73.9 Å². The molecule has 0 saturated carbocycles. The standard InChI is InChI=1S/C21H31NO5/c1-4-5-6-7-15-27-18-12-10-17(16-19(18)25-2)11-13-20(23)22-14-8-9-21(24)26-3/h10-13,16H,4-9,14-15H2,1-3H3,(H,22,23)/b13-11+. The molecule has 6 nitrogen and oxygen atoms in total. The van der Waals surface area contributed by atoms with E-state index in [1.165, 1.54) is 26.0 Å². The molecule has 6 heteroatoms. The molecule has 0 heterocycles. The van der Waals surface area contributed by atoms with Crippen LogP contribution in [-0.2, 0) is 14.3 Å². The summed E-state index contributed by atoms with van der Waals surface area (Å²) < 4.78 is 15.7. The molecule has 0 aliphatic carbocycles. The smallest absolute Gasteiger partial charge is 0.305 e. The first-order chi connectivity index (χ1) is 13.1. The third kappa shape index (κ3) is 9.68. The predicted octanol–water partition coefficient (Wildman–Crippen LogP) is 3.74. The van der Waals surface area contributed by atoms with E-state index in [9.17, 15) is 9.59 Å². The van der Waals surface area contributed by atoms with Crippen LogP contribution in [0.3, 0.4) is 0 Å². The molecule has 1 rings (SSSR count). The maximum absolute atomic E-state index is 11.8. The van der Waals surface area contributed by atoms with Crippen molar-refractivity contribution in [3.8, 4) is 11.5 Å². The number of nitrogens with one attached hydrogen (secondary N) is 1. The van der Waals surface area contributed by atoms with Crippen molar-refractivity contribution in [2.45, 2.75) is 45.4 Å². The summed E-state index contributed by atoms with van der Waals surface area (Å²) in [5.74, 6) is 0.860. The Kier molecular flexibility index (Phi) is 11.4. The molecule has 1 aromatic carbocycles. The predicted molar refractivity (Wildman–Crippen MR) is 106 cm³/mol. The Hall–Kier alpha value is -2.50. The molecule has 0 saturated heterocycles. The molecule has 0 radical (unpaired) electrons. The van der Waals surface area contributed by atoms with Crippen molar-refractivity contribution in [3.05, 3.63) is 29.8 Å². The van der Waals surface area contributed by atoms with E-state index in [0.29, 0.717) is 31.1 Å². The number of ether oxygens (including phenoxy) is 3. The normalized spacial score (nSPS) is 10.6. The summed E-state index contributed by atoms with van der Waals surface area (Å²) >= 11 is 0. The molecular weight excluding hydrogens is 346 g/mol. The number of benzene rings is 1. The maximum atomic E-state index is 11.8. The lowest BCUT2D eigenvalue weighted by atomic mass is 10.2. The third-order valence-corrected chi connectivity index (χ3v) is 3.95. The van der Waals surface area contributed by atoms with E-state index in [2.05, 4.69) is 17.0 Å². The zero-order valence-electron chi connectivity index (χ0n) is 16.6. The number of hydrogen-bond donors (Lipinski definition) is 1. The SMILES string of the molecule is CCCCCCOc1ccc(/C=C/C(=O)NCCCC(=O)OC)cc1OC. The van der Waals surface area contributed by atoms with Crippen molar-refractivity contribution in [1.82, 2.24) is 5.32 Å². The summed E-state index contributed by atoms with van der Waals surface area (Å²) in [6.45, 7) is 3.27. The van der Waals surface area contributed by atoms with Gasteiger partial charge >= 0.3 is 5.97 Å². The van der Waals surface area contributed by atoms with Crippen LogP contribution < -0.4 is 14.8 Å². The Bertz CT molecular complexity index is 613. The van der Waals surface area contributed by atoms with E-state index in [1.54, 1.807) is 13.2 Å². The van der Waals surface area contributed by atoms with Crippen molar-refractivity contribution in [2.75, 3.05) is 27.4 Å². The second-order valence-corrected chi connectivity index (χ2v) is 6.12. The molecule has 27 heavy (non-hydrogen) atoms. The Morgan fingerprint density at radius 1 is 1.07 bits per heavy atom. The van der Waals surface area contributed by atoms with E-state index in [0.717, 1.165) is 18.4 Å². The zero-order chi connectivity index (χ0) is 19.9. The fourth-order valence-corrected chi connectivity index (χ4v) is 2.40. The molecule has 0 spiro atoms.